The van der Waals surface area contributed by atoms with Crippen LogP contribution in [-0.2, 0) is 4.79 Å². The largest absolute Gasteiger partial charge is 0.349 e. The maximum atomic E-state index is 11.8. The summed E-state index contributed by atoms with van der Waals surface area (Å²) in [5.74, 6) is 0.195. The van der Waals surface area contributed by atoms with Crippen LogP contribution in [0.15, 0.2) is 0 Å². The molecule has 0 aromatic rings. The van der Waals surface area contributed by atoms with Gasteiger partial charge >= 0.3 is 0 Å². The summed E-state index contributed by atoms with van der Waals surface area (Å²) in [6, 6.07) is 0. The lowest BCUT2D eigenvalue weighted by atomic mass is 9.81. The molecule has 1 aliphatic rings. The molecule has 0 saturated heterocycles. The van der Waals surface area contributed by atoms with E-state index < -0.39 is 0 Å². The number of carbonyl (C=O) groups excluding carboxylic acids is 1. The fourth-order valence-corrected chi connectivity index (χ4v) is 2.50. The summed E-state index contributed by atoms with van der Waals surface area (Å²) in [6.07, 6.45) is 9.77. The Balaban J connectivity index is 2.33. The Hall–Kier alpha value is -0.570. The molecule has 0 unspecified atom stereocenters. The molecule has 3 nitrogen and oxygen atoms in total. The molecular formula is C13H26N2O. The van der Waals surface area contributed by atoms with Crippen LogP contribution in [0.25, 0.3) is 0 Å². The molecule has 0 heterocycles. The number of hydrogen-bond donors (Lipinski definition) is 2. The fraction of sp³-hybridized carbons (Fsp3) is 0.923. The molecule has 0 aromatic carbocycles. The van der Waals surface area contributed by atoms with Crippen molar-refractivity contribution in [2.45, 2.75) is 70.3 Å². The molecule has 1 rings (SSSR count). The third-order valence-electron chi connectivity index (χ3n) is 3.61. The summed E-state index contributed by atoms with van der Waals surface area (Å²) in [5.41, 5.74) is 5.74. The minimum Gasteiger partial charge on any atom is -0.349 e. The van der Waals surface area contributed by atoms with Crippen molar-refractivity contribution in [2.75, 3.05) is 6.54 Å². The molecule has 1 amide bonds. The first-order chi connectivity index (χ1) is 7.72. The second-order valence-electron chi connectivity index (χ2n) is 5.05. The van der Waals surface area contributed by atoms with Gasteiger partial charge in [0.1, 0.15) is 0 Å². The van der Waals surface area contributed by atoms with Gasteiger partial charge in [-0.2, -0.15) is 0 Å². The van der Waals surface area contributed by atoms with E-state index in [1.54, 1.807) is 0 Å². The molecule has 94 valence electrons. The third kappa shape index (κ3) is 4.12. The molecule has 0 radical (unpaired) electrons. The van der Waals surface area contributed by atoms with E-state index in [4.69, 9.17) is 5.73 Å². The van der Waals surface area contributed by atoms with Gasteiger partial charge in [-0.1, -0.05) is 39.0 Å². The second kappa shape index (κ2) is 6.89. The highest BCUT2D eigenvalue weighted by Gasteiger charge is 2.31. The highest BCUT2D eigenvalue weighted by molar-refractivity contribution is 5.76. The normalized spacial score (nSPS) is 19.4. The molecule has 0 spiro atoms. The van der Waals surface area contributed by atoms with Crippen molar-refractivity contribution in [1.29, 1.82) is 0 Å². The summed E-state index contributed by atoms with van der Waals surface area (Å²) in [6.45, 7) is 2.74. The van der Waals surface area contributed by atoms with Gasteiger partial charge in [-0.15, -0.1) is 0 Å². The number of nitrogens with one attached hydrogen (secondary N) is 1. The van der Waals surface area contributed by atoms with Gasteiger partial charge in [-0.05, 0) is 19.3 Å². The highest BCUT2D eigenvalue weighted by Crippen LogP contribution is 2.27. The van der Waals surface area contributed by atoms with E-state index in [1.165, 1.54) is 19.3 Å². The van der Waals surface area contributed by atoms with E-state index in [9.17, 15) is 4.79 Å². The number of unbranched alkanes of at least 4 members (excludes halogenated alkanes) is 2. The number of carbonyl (C=O) groups is 1. The first-order valence-electron chi connectivity index (χ1n) is 6.73. The zero-order valence-electron chi connectivity index (χ0n) is 10.6. The quantitative estimate of drug-likeness (QED) is 0.683. The fourth-order valence-electron chi connectivity index (χ4n) is 2.50. The van der Waals surface area contributed by atoms with Crippen molar-refractivity contribution in [3.8, 4) is 0 Å². The Morgan fingerprint density at radius 3 is 2.50 bits per heavy atom. The average Bonchev–Trinajstić information content (AvgIpc) is 2.30. The molecule has 1 aliphatic carbocycles. The van der Waals surface area contributed by atoms with Crippen LogP contribution in [-0.4, -0.2) is 18.0 Å². The zero-order chi connectivity index (χ0) is 11.9. The lowest BCUT2D eigenvalue weighted by Crippen LogP contribution is -2.54. The molecule has 3 heteroatoms. The Labute approximate surface area is 99.2 Å². The summed E-state index contributed by atoms with van der Waals surface area (Å²) < 4.78 is 0. The van der Waals surface area contributed by atoms with Crippen molar-refractivity contribution >= 4 is 5.91 Å². The zero-order valence-corrected chi connectivity index (χ0v) is 10.6. The Kier molecular flexibility index (Phi) is 5.81. The number of hydrogen-bond acceptors (Lipinski definition) is 2. The SMILES string of the molecule is CCCCCC(=O)NC1(CN)CCCCC1. The van der Waals surface area contributed by atoms with Crippen molar-refractivity contribution in [2.24, 2.45) is 5.73 Å². The third-order valence-corrected chi connectivity index (χ3v) is 3.61. The van der Waals surface area contributed by atoms with Gasteiger partial charge in [0.25, 0.3) is 0 Å². The molecular weight excluding hydrogens is 200 g/mol. The topological polar surface area (TPSA) is 55.1 Å². The van der Waals surface area contributed by atoms with Gasteiger partial charge in [-0.25, -0.2) is 0 Å². The van der Waals surface area contributed by atoms with Gasteiger partial charge in [0.15, 0.2) is 0 Å². The maximum Gasteiger partial charge on any atom is 0.220 e. The van der Waals surface area contributed by atoms with Crippen LogP contribution in [0.5, 0.6) is 0 Å². The Morgan fingerprint density at radius 2 is 1.94 bits per heavy atom. The van der Waals surface area contributed by atoms with Crippen LogP contribution in [0, 0.1) is 0 Å². The highest BCUT2D eigenvalue weighted by atomic mass is 16.1. The summed E-state index contributed by atoms with van der Waals surface area (Å²) in [5, 5.41) is 3.18. The molecule has 0 aliphatic heterocycles. The monoisotopic (exact) mass is 226 g/mol. The summed E-state index contributed by atoms with van der Waals surface area (Å²) in [4.78, 5) is 11.8. The molecule has 1 fully saturated rings. The number of nitrogens with two attached hydrogens (primary N) is 1. The predicted octanol–water partition coefficient (Wildman–Crippen LogP) is 2.34. The van der Waals surface area contributed by atoms with Crippen LogP contribution in [0.3, 0.4) is 0 Å². The standard InChI is InChI=1S/C13H26N2O/c1-2-3-5-8-12(16)15-13(11-14)9-6-4-7-10-13/h2-11,14H2,1H3,(H,15,16). The van der Waals surface area contributed by atoms with Crippen molar-refractivity contribution in [3.63, 3.8) is 0 Å². The van der Waals surface area contributed by atoms with E-state index in [0.29, 0.717) is 13.0 Å². The van der Waals surface area contributed by atoms with Gasteiger partial charge in [0, 0.05) is 13.0 Å². The maximum absolute atomic E-state index is 11.8. The lowest BCUT2D eigenvalue weighted by Gasteiger charge is -2.37. The second-order valence-corrected chi connectivity index (χ2v) is 5.05. The van der Waals surface area contributed by atoms with Crippen LogP contribution in [0.1, 0.15) is 64.7 Å². The molecule has 16 heavy (non-hydrogen) atoms. The average molecular weight is 226 g/mol. The van der Waals surface area contributed by atoms with E-state index in [1.807, 2.05) is 0 Å². The van der Waals surface area contributed by atoms with Crippen molar-refractivity contribution in [1.82, 2.24) is 5.32 Å². The molecule has 0 bridgehead atoms. The van der Waals surface area contributed by atoms with Crippen LogP contribution >= 0.6 is 0 Å². The van der Waals surface area contributed by atoms with E-state index in [2.05, 4.69) is 12.2 Å². The molecule has 3 N–H and O–H groups in total. The van der Waals surface area contributed by atoms with E-state index >= 15 is 0 Å². The van der Waals surface area contributed by atoms with Crippen LogP contribution < -0.4 is 11.1 Å². The first kappa shape index (κ1) is 13.5. The Morgan fingerprint density at radius 1 is 1.25 bits per heavy atom. The molecule has 1 saturated carbocycles. The first-order valence-corrected chi connectivity index (χ1v) is 6.73. The van der Waals surface area contributed by atoms with Crippen molar-refractivity contribution < 1.29 is 4.79 Å². The van der Waals surface area contributed by atoms with Gasteiger partial charge < -0.3 is 11.1 Å². The van der Waals surface area contributed by atoms with Crippen molar-refractivity contribution in [3.05, 3.63) is 0 Å². The number of amides is 1. The van der Waals surface area contributed by atoms with Gasteiger partial charge in [-0.3, -0.25) is 4.79 Å². The summed E-state index contributed by atoms with van der Waals surface area (Å²) in [7, 11) is 0. The smallest absolute Gasteiger partial charge is 0.220 e. The van der Waals surface area contributed by atoms with Gasteiger partial charge in [0.05, 0.1) is 5.54 Å². The predicted molar refractivity (Wildman–Crippen MR) is 67.2 cm³/mol. The summed E-state index contributed by atoms with van der Waals surface area (Å²) >= 11 is 0. The minimum atomic E-state index is -0.0818. The van der Waals surface area contributed by atoms with E-state index in [0.717, 1.165) is 32.1 Å². The lowest BCUT2D eigenvalue weighted by molar-refractivity contribution is -0.123. The van der Waals surface area contributed by atoms with E-state index in [-0.39, 0.29) is 11.4 Å². The Bertz CT molecular complexity index is 210. The minimum absolute atomic E-state index is 0.0818. The van der Waals surface area contributed by atoms with Crippen LogP contribution in [0.4, 0.5) is 0 Å². The molecule has 0 aromatic heterocycles. The van der Waals surface area contributed by atoms with Crippen LogP contribution in [0.2, 0.25) is 0 Å². The number of rotatable bonds is 6. The molecule has 0 atom stereocenters. The van der Waals surface area contributed by atoms with Gasteiger partial charge in [0.2, 0.25) is 5.91 Å².